The zero-order valence-electron chi connectivity index (χ0n) is 23.4. The molecule has 0 spiro atoms. The highest BCUT2D eigenvalue weighted by Crippen LogP contribution is 2.36. The van der Waals surface area contributed by atoms with Crippen LogP contribution in [0.2, 0.25) is 0 Å². The van der Waals surface area contributed by atoms with Gasteiger partial charge >= 0.3 is 7.12 Å². The first-order valence-corrected chi connectivity index (χ1v) is 13.3. The molecule has 14 heteroatoms. The molecule has 0 aromatic carbocycles. The summed E-state index contributed by atoms with van der Waals surface area (Å²) < 4.78 is 33.1. The Bertz CT molecular complexity index is 1320. The molecule has 1 saturated heterocycles. The largest absolute Gasteiger partial charge is 0.534 e. The molecule has 214 valence electrons. The lowest BCUT2D eigenvalue weighted by molar-refractivity contribution is 0.00578. The molecule has 0 amide bonds. The van der Waals surface area contributed by atoms with E-state index in [4.69, 9.17) is 39.1 Å². The van der Waals surface area contributed by atoms with E-state index in [1.807, 2.05) is 41.5 Å². The molecular formula is C26H34BBrN6O6. The summed E-state index contributed by atoms with van der Waals surface area (Å²) in [5.74, 6) is 1.86. The third-order valence-electron chi connectivity index (χ3n) is 5.90. The van der Waals surface area contributed by atoms with Gasteiger partial charge in [0.15, 0.2) is 35.7 Å². The second-order valence-electron chi connectivity index (χ2n) is 9.40. The number of nitrogen functional groups attached to an aromatic ring is 2. The van der Waals surface area contributed by atoms with Crippen molar-refractivity contribution in [2.75, 3.05) is 24.7 Å². The minimum atomic E-state index is -0.442. The Kier molecular flexibility index (Phi) is 10.5. The second kappa shape index (κ2) is 13.6. The van der Waals surface area contributed by atoms with Crippen LogP contribution < -0.4 is 26.6 Å². The molecule has 12 nitrogen and oxygen atoms in total. The van der Waals surface area contributed by atoms with Gasteiger partial charge in [0.1, 0.15) is 10.3 Å². The first-order chi connectivity index (χ1) is 19.0. The summed E-state index contributed by atoms with van der Waals surface area (Å²) in [5.41, 5.74) is 12.9. The van der Waals surface area contributed by atoms with Crippen LogP contribution in [0.15, 0.2) is 63.1 Å². The molecule has 4 aromatic rings. The van der Waals surface area contributed by atoms with E-state index in [0.717, 1.165) is 0 Å². The maximum atomic E-state index is 5.75. The van der Waals surface area contributed by atoms with E-state index in [2.05, 4.69) is 35.9 Å². The molecule has 5 rings (SSSR count). The maximum Gasteiger partial charge on any atom is 0.534 e. The fourth-order valence-corrected chi connectivity index (χ4v) is 3.58. The second-order valence-corrected chi connectivity index (χ2v) is 10.1. The van der Waals surface area contributed by atoms with Gasteiger partial charge in [-0.25, -0.2) is 19.9 Å². The van der Waals surface area contributed by atoms with Crippen LogP contribution in [0.25, 0.3) is 11.5 Å². The third kappa shape index (κ3) is 7.96. The summed E-state index contributed by atoms with van der Waals surface area (Å²) in [6, 6.07) is 3.45. The predicted octanol–water partition coefficient (Wildman–Crippen LogP) is 4.52. The minimum absolute atomic E-state index is 0.329. The lowest BCUT2D eigenvalue weighted by atomic mass is 9.87. The molecule has 1 aliphatic rings. The first-order valence-electron chi connectivity index (χ1n) is 12.5. The molecule has 0 aliphatic carbocycles. The topological polar surface area (TPSA) is 167 Å². The van der Waals surface area contributed by atoms with Crippen LogP contribution in [-0.4, -0.2) is 51.5 Å². The standard InChI is InChI=1S/C10H11N3O2.C9H14BNO3.C7H9BrN2O/c1-2-14-8-3-7(11)4-13-10(8)9-5-12-6-15-9;1-8(2)9(3,4)14-10(13-8)7-5-11-6-12-7;1-2-11-6-3-5(9)4-10-7(6)8/h3-6H,2,11H2,1H3;5-6H,1-4H3;3-4H,2,9H2,1H3. The van der Waals surface area contributed by atoms with Crippen LogP contribution in [0.4, 0.5) is 11.4 Å². The van der Waals surface area contributed by atoms with Gasteiger partial charge in [0.2, 0.25) is 0 Å². The SMILES string of the molecule is CC1(C)OB(c2cnco2)OC1(C)C.CCOc1cc(N)cnc1-c1cnco1.CCOc1cc(N)cnc1Br. The van der Waals surface area contributed by atoms with Gasteiger partial charge in [0.05, 0.1) is 60.6 Å². The van der Waals surface area contributed by atoms with Crippen LogP contribution >= 0.6 is 15.9 Å². The van der Waals surface area contributed by atoms with Crippen LogP contribution in [0.3, 0.4) is 0 Å². The highest BCUT2D eigenvalue weighted by molar-refractivity contribution is 9.10. The minimum Gasteiger partial charge on any atom is -0.491 e. The van der Waals surface area contributed by atoms with Gasteiger partial charge in [0.25, 0.3) is 0 Å². The van der Waals surface area contributed by atoms with Gasteiger partial charge in [0, 0.05) is 12.1 Å². The summed E-state index contributed by atoms with van der Waals surface area (Å²) in [6.07, 6.45) is 9.06. The average molecular weight is 617 g/mol. The number of anilines is 2. The fourth-order valence-electron chi connectivity index (χ4n) is 3.24. The number of pyridine rings is 2. The Morgan fingerprint density at radius 2 is 1.35 bits per heavy atom. The van der Waals surface area contributed by atoms with Gasteiger partial charge in [-0.15, -0.1) is 0 Å². The van der Waals surface area contributed by atoms with E-state index in [1.54, 1.807) is 36.9 Å². The molecule has 1 aliphatic heterocycles. The zero-order valence-corrected chi connectivity index (χ0v) is 25.0. The van der Waals surface area contributed by atoms with Crippen molar-refractivity contribution < 1.29 is 27.6 Å². The van der Waals surface area contributed by atoms with E-state index in [0.29, 0.717) is 57.8 Å². The van der Waals surface area contributed by atoms with Crippen molar-refractivity contribution in [1.82, 2.24) is 19.9 Å². The van der Waals surface area contributed by atoms with Gasteiger partial charge in [-0.1, -0.05) is 0 Å². The zero-order chi connectivity index (χ0) is 29.3. The quantitative estimate of drug-likeness (QED) is 0.230. The average Bonchev–Trinajstić information content (AvgIpc) is 3.65. The Morgan fingerprint density at radius 3 is 1.90 bits per heavy atom. The van der Waals surface area contributed by atoms with Crippen molar-refractivity contribution in [2.45, 2.75) is 52.7 Å². The fraction of sp³-hybridized carbons (Fsp3) is 0.385. The molecule has 0 atom stereocenters. The molecule has 1 fully saturated rings. The normalized spacial score (nSPS) is 14.9. The van der Waals surface area contributed by atoms with Crippen molar-refractivity contribution in [3.05, 3.63) is 54.3 Å². The Morgan fingerprint density at radius 1 is 0.800 bits per heavy atom. The number of halogens is 1. The maximum absolute atomic E-state index is 5.75. The number of nitrogens with two attached hydrogens (primary N) is 2. The summed E-state index contributed by atoms with van der Waals surface area (Å²) in [7, 11) is -0.442. The molecule has 0 unspecified atom stereocenters. The molecule has 5 heterocycles. The molecule has 4 aromatic heterocycles. The number of ether oxygens (including phenoxy) is 2. The summed E-state index contributed by atoms with van der Waals surface area (Å²) in [6.45, 7) is 13.0. The Balaban J connectivity index is 0.000000168. The van der Waals surface area contributed by atoms with E-state index < -0.39 is 7.12 Å². The molecule has 0 radical (unpaired) electrons. The summed E-state index contributed by atoms with van der Waals surface area (Å²) in [4.78, 5) is 15.8. The third-order valence-corrected chi connectivity index (χ3v) is 6.50. The molecule has 0 saturated carbocycles. The van der Waals surface area contributed by atoms with E-state index in [-0.39, 0.29) is 11.2 Å². The predicted molar refractivity (Wildman–Crippen MR) is 155 cm³/mol. The van der Waals surface area contributed by atoms with Crippen molar-refractivity contribution in [3.8, 4) is 23.0 Å². The van der Waals surface area contributed by atoms with Gasteiger partial charge in [-0.3, -0.25) is 0 Å². The first kappa shape index (κ1) is 30.9. The van der Waals surface area contributed by atoms with E-state index in [1.165, 1.54) is 12.8 Å². The van der Waals surface area contributed by atoms with Crippen molar-refractivity contribution in [1.29, 1.82) is 0 Å². The molecule has 4 N–H and O–H groups in total. The number of nitrogens with zero attached hydrogens (tertiary/aromatic N) is 4. The van der Waals surface area contributed by atoms with Crippen LogP contribution in [0, 0.1) is 0 Å². The molecule has 0 bridgehead atoms. The van der Waals surface area contributed by atoms with Crippen LogP contribution in [0.5, 0.6) is 11.5 Å². The van der Waals surface area contributed by atoms with Gasteiger partial charge in [-0.2, -0.15) is 0 Å². The lowest BCUT2D eigenvalue weighted by Crippen LogP contribution is -2.41. The van der Waals surface area contributed by atoms with Crippen molar-refractivity contribution in [2.24, 2.45) is 0 Å². The molecule has 40 heavy (non-hydrogen) atoms. The lowest BCUT2D eigenvalue weighted by Gasteiger charge is -2.32. The summed E-state index contributed by atoms with van der Waals surface area (Å²) in [5, 5.41) is 0. The smallest absolute Gasteiger partial charge is 0.491 e. The Hall–Kier alpha value is -3.62. The van der Waals surface area contributed by atoms with Gasteiger partial charge < -0.3 is 39.1 Å². The van der Waals surface area contributed by atoms with Crippen LogP contribution in [-0.2, 0) is 9.31 Å². The van der Waals surface area contributed by atoms with Crippen molar-refractivity contribution >= 4 is 40.1 Å². The number of rotatable bonds is 6. The van der Waals surface area contributed by atoms with Gasteiger partial charge in [-0.05, 0) is 57.5 Å². The molecular weight excluding hydrogens is 583 g/mol. The number of hydrogen-bond acceptors (Lipinski definition) is 12. The summed E-state index contributed by atoms with van der Waals surface area (Å²) >= 11 is 3.24. The van der Waals surface area contributed by atoms with Crippen LogP contribution in [0.1, 0.15) is 41.5 Å². The van der Waals surface area contributed by atoms with E-state index in [9.17, 15) is 0 Å². The highest BCUT2D eigenvalue weighted by Gasteiger charge is 2.53. The van der Waals surface area contributed by atoms with E-state index >= 15 is 0 Å². The number of oxazole rings is 2. The number of aromatic nitrogens is 4. The Labute approximate surface area is 242 Å². The highest BCUT2D eigenvalue weighted by atomic mass is 79.9. The number of hydrogen-bond donors (Lipinski definition) is 2. The monoisotopic (exact) mass is 616 g/mol. The van der Waals surface area contributed by atoms with Crippen molar-refractivity contribution in [3.63, 3.8) is 0 Å².